The third kappa shape index (κ3) is 5.24. The summed E-state index contributed by atoms with van der Waals surface area (Å²) in [5.41, 5.74) is 8.34. The van der Waals surface area contributed by atoms with Gasteiger partial charge in [0.15, 0.2) is 0 Å². The van der Waals surface area contributed by atoms with Crippen molar-refractivity contribution < 1.29 is 14.3 Å². The zero-order chi connectivity index (χ0) is 19.2. The number of ether oxygens (including phenoxy) is 1. The second-order valence-electron chi connectivity index (χ2n) is 6.67. The van der Waals surface area contributed by atoms with Crippen molar-refractivity contribution in [1.82, 2.24) is 0 Å². The first-order chi connectivity index (χ1) is 13.1. The summed E-state index contributed by atoms with van der Waals surface area (Å²) >= 11 is 0. The number of amides is 2. The number of halogens is 1. The van der Waals surface area contributed by atoms with Gasteiger partial charge in [-0.2, -0.15) is 0 Å². The molecule has 0 bridgehead atoms. The van der Waals surface area contributed by atoms with Crippen LogP contribution in [0.3, 0.4) is 0 Å². The highest BCUT2D eigenvalue weighted by atomic mass is 35.5. The summed E-state index contributed by atoms with van der Waals surface area (Å²) in [6.07, 6.45) is 2.85. The topological polar surface area (TPSA) is 84.7 Å². The summed E-state index contributed by atoms with van der Waals surface area (Å²) < 4.78 is 5.40. The first-order valence-electron chi connectivity index (χ1n) is 9.17. The maximum Gasteiger partial charge on any atom is 0.241 e. The van der Waals surface area contributed by atoms with Crippen LogP contribution in [-0.4, -0.2) is 31.5 Å². The highest BCUT2D eigenvalue weighted by Crippen LogP contribution is 2.33. The fraction of sp³-hybridized carbons (Fsp3) is 0.333. The predicted octanol–water partition coefficient (Wildman–Crippen LogP) is 3.14. The number of nitrogens with two attached hydrogens (primary N) is 1. The van der Waals surface area contributed by atoms with Crippen molar-refractivity contribution in [3.8, 4) is 5.75 Å². The van der Waals surface area contributed by atoms with Crippen LogP contribution in [0, 0.1) is 0 Å². The lowest BCUT2D eigenvalue weighted by atomic mass is 10.1. The Morgan fingerprint density at radius 2 is 1.96 bits per heavy atom. The van der Waals surface area contributed by atoms with Crippen LogP contribution < -0.4 is 20.7 Å². The van der Waals surface area contributed by atoms with E-state index in [-0.39, 0.29) is 24.2 Å². The Bertz CT molecular complexity index is 814. The molecule has 0 aromatic heterocycles. The molecule has 1 saturated heterocycles. The van der Waals surface area contributed by atoms with Crippen molar-refractivity contribution >= 4 is 35.6 Å². The molecular weight excluding hydrogens is 378 g/mol. The Labute approximate surface area is 171 Å². The summed E-state index contributed by atoms with van der Waals surface area (Å²) in [7, 11) is 1.57. The Hall–Kier alpha value is -2.57. The number of hydrogen-bond acceptors (Lipinski definition) is 4. The molecule has 28 heavy (non-hydrogen) atoms. The van der Waals surface area contributed by atoms with Crippen LogP contribution in [0.1, 0.15) is 24.8 Å². The Morgan fingerprint density at radius 3 is 2.64 bits per heavy atom. The van der Waals surface area contributed by atoms with Crippen molar-refractivity contribution in [1.29, 1.82) is 0 Å². The van der Waals surface area contributed by atoms with Crippen molar-refractivity contribution in [2.24, 2.45) is 5.73 Å². The lowest BCUT2D eigenvalue weighted by Crippen LogP contribution is -2.37. The number of carbonyl (C=O) groups excluding carboxylic acids is 2. The van der Waals surface area contributed by atoms with E-state index in [1.54, 1.807) is 30.2 Å². The van der Waals surface area contributed by atoms with Gasteiger partial charge in [0, 0.05) is 18.7 Å². The number of carbonyl (C=O) groups is 2. The van der Waals surface area contributed by atoms with Crippen molar-refractivity contribution in [3.63, 3.8) is 0 Å². The quantitative estimate of drug-likeness (QED) is 0.775. The van der Waals surface area contributed by atoms with Gasteiger partial charge in [-0.05, 0) is 43.0 Å². The zero-order valence-corrected chi connectivity index (χ0v) is 16.7. The maximum atomic E-state index is 12.5. The molecule has 2 amide bonds. The number of nitrogens with zero attached hydrogens (tertiary/aromatic N) is 1. The normalized spacial score (nSPS) is 14.8. The van der Waals surface area contributed by atoms with Gasteiger partial charge in [0.25, 0.3) is 0 Å². The minimum Gasteiger partial charge on any atom is -0.495 e. The molecule has 2 aromatic carbocycles. The van der Waals surface area contributed by atoms with E-state index >= 15 is 0 Å². The van der Waals surface area contributed by atoms with E-state index in [1.165, 1.54) is 0 Å². The van der Waals surface area contributed by atoms with Gasteiger partial charge in [0.2, 0.25) is 11.8 Å². The van der Waals surface area contributed by atoms with Crippen LogP contribution in [0.5, 0.6) is 5.75 Å². The summed E-state index contributed by atoms with van der Waals surface area (Å²) in [5.74, 6) is 0.417. The second kappa shape index (κ2) is 10.1. The molecule has 2 aromatic rings. The summed E-state index contributed by atoms with van der Waals surface area (Å²) in [6, 6.07) is 14.3. The zero-order valence-electron chi connectivity index (χ0n) is 15.9. The lowest BCUT2D eigenvalue weighted by Gasteiger charge is -2.28. The molecule has 1 atom stereocenters. The van der Waals surface area contributed by atoms with E-state index in [2.05, 4.69) is 5.32 Å². The molecule has 0 aliphatic carbocycles. The second-order valence-corrected chi connectivity index (χ2v) is 6.67. The Morgan fingerprint density at radius 1 is 1.21 bits per heavy atom. The summed E-state index contributed by atoms with van der Waals surface area (Å²) in [4.78, 5) is 26.5. The fourth-order valence-corrected chi connectivity index (χ4v) is 3.23. The van der Waals surface area contributed by atoms with Gasteiger partial charge in [-0.1, -0.05) is 30.3 Å². The molecule has 1 fully saturated rings. The number of piperidine rings is 1. The molecule has 0 saturated carbocycles. The fourth-order valence-electron chi connectivity index (χ4n) is 3.23. The van der Waals surface area contributed by atoms with Crippen molar-refractivity contribution in [2.45, 2.75) is 31.7 Å². The van der Waals surface area contributed by atoms with E-state index < -0.39 is 6.04 Å². The van der Waals surface area contributed by atoms with Crippen LogP contribution in [0.2, 0.25) is 0 Å². The van der Waals surface area contributed by atoms with Crippen molar-refractivity contribution in [3.05, 3.63) is 54.1 Å². The Balaban J connectivity index is 0.00000280. The first kappa shape index (κ1) is 21.7. The highest BCUT2D eigenvalue weighted by molar-refractivity contribution is 5.98. The number of anilines is 2. The summed E-state index contributed by atoms with van der Waals surface area (Å²) in [6.45, 7) is 0.653. The lowest BCUT2D eigenvalue weighted by molar-refractivity contribution is -0.119. The standard InChI is InChI=1S/C21H25N3O3.ClH/c1-27-19-11-10-16(14-18(19)24-12-6-5-9-20(24)25)23-21(26)17(22)13-15-7-3-2-4-8-15;/h2-4,7-8,10-11,14,17H,5-6,9,12-13,22H2,1H3,(H,23,26);1H/t17-;/m0./s1. The molecule has 1 aliphatic heterocycles. The van der Waals surface area contributed by atoms with Gasteiger partial charge in [0.1, 0.15) is 5.75 Å². The third-order valence-electron chi connectivity index (χ3n) is 4.70. The molecule has 0 radical (unpaired) electrons. The van der Waals surface area contributed by atoms with Crippen LogP contribution >= 0.6 is 12.4 Å². The van der Waals surface area contributed by atoms with Gasteiger partial charge >= 0.3 is 0 Å². The van der Waals surface area contributed by atoms with Crippen LogP contribution in [-0.2, 0) is 16.0 Å². The van der Waals surface area contributed by atoms with Gasteiger partial charge in [-0.25, -0.2) is 0 Å². The maximum absolute atomic E-state index is 12.5. The van der Waals surface area contributed by atoms with Gasteiger partial charge < -0.3 is 20.7 Å². The van der Waals surface area contributed by atoms with Gasteiger partial charge in [-0.3, -0.25) is 9.59 Å². The third-order valence-corrected chi connectivity index (χ3v) is 4.70. The predicted molar refractivity (Wildman–Crippen MR) is 113 cm³/mol. The van der Waals surface area contributed by atoms with Crippen LogP contribution in [0.15, 0.2) is 48.5 Å². The smallest absolute Gasteiger partial charge is 0.241 e. The molecule has 0 unspecified atom stereocenters. The molecule has 3 N–H and O–H groups in total. The molecule has 0 spiro atoms. The first-order valence-corrected chi connectivity index (χ1v) is 9.17. The number of hydrogen-bond donors (Lipinski definition) is 2. The number of nitrogens with one attached hydrogen (secondary N) is 1. The molecule has 3 rings (SSSR count). The summed E-state index contributed by atoms with van der Waals surface area (Å²) in [5, 5.41) is 2.85. The number of methoxy groups -OCH3 is 1. The molecule has 7 heteroatoms. The van der Waals surface area contributed by atoms with Gasteiger partial charge in [-0.15, -0.1) is 12.4 Å². The monoisotopic (exact) mass is 403 g/mol. The van der Waals surface area contributed by atoms with E-state index in [0.29, 0.717) is 36.5 Å². The SMILES string of the molecule is COc1ccc(NC(=O)[C@@H](N)Cc2ccccc2)cc1N1CCCCC1=O.Cl. The molecule has 6 nitrogen and oxygen atoms in total. The van der Waals surface area contributed by atoms with Gasteiger partial charge in [0.05, 0.1) is 18.8 Å². The molecule has 150 valence electrons. The van der Waals surface area contributed by atoms with Crippen molar-refractivity contribution in [2.75, 3.05) is 23.9 Å². The van der Waals surface area contributed by atoms with E-state index in [9.17, 15) is 9.59 Å². The Kier molecular flexibility index (Phi) is 7.84. The average Bonchev–Trinajstić information content (AvgIpc) is 2.69. The number of rotatable bonds is 6. The van der Waals surface area contributed by atoms with Crippen LogP contribution in [0.4, 0.5) is 11.4 Å². The highest BCUT2D eigenvalue weighted by Gasteiger charge is 2.23. The van der Waals surface area contributed by atoms with E-state index in [4.69, 9.17) is 10.5 Å². The van der Waals surface area contributed by atoms with E-state index in [1.807, 2.05) is 30.3 Å². The molecule has 1 aliphatic rings. The number of benzene rings is 2. The molecular formula is C21H26ClN3O3. The van der Waals surface area contributed by atoms with E-state index in [0.717, 1.165) is 18.4 Å². The average molecular weight is 404 g/mol. The minimum absolute atomic E-state index is 0. The molecule has 1 heterocycles. The largest absolute Gasteiger partial charge is 0.495 e. The minimum atomic E-state index is -0.658. The van der Waals surface area contributed by atoms with Crippen LogP contribution in [0.25, 0.3) is 0 Å².